The number of rotatable bonds is 5. The first-order chi connectivity index (χ1) is 10.0. The number of hydrogen-bond acceptors (Lipinski definition) is 3. The van der Waals surface area contributed by atoms with Crippen LogP contribution in [0.25, 0.3) is 0 Å². The topological polar surface area (TPSA) is 75.6 Å². The summed E-state index contributed by atoms with van der Waals surface area (Å²) in [7, 11) is 0. The van der Waals surface area contributed by atoms with Crippen LogP contribution in [0, 0.1) is 12.8 Å². The maximum atomic E-state index is 11.8. The first-order valence-electron chi connectivity index (χ1n) is 7.26. The first kappa shape index (κ1) is 15.4. The average Bonchev–Trinajstić information content (AvgIpc) is 2.47. The lowest BCUT2D eigenvalue weighted by Crippen LogP contribution is -2.41. The van der Waals surface area contributed by atoms with E-state index in [0.717, 1.165) is 18.4 Å². The highest BCUT2D eigenvalue weighted by atomic mass is 16.5. The number of aliphatic carboxylic acids is 1. The second-order valence-corrected chi connectivity index (χ2v) is 5.57. The normalized spacial score (nSPS) is 21.6. The fourth-order valence-corrected chi connectivity index (χ4v) is 2.60. The minimum absolute atomic E-state index is 0.0443. The highest BCUT2D eigenvalue weighted by Gasteiger charge is 2.27. The zero-order valence-corrected chi connectivity index (χ0v) is 12.2. The molecule has 5 nitrogen and oxygen atoms in total. The zero-order valence-electron chi connectivity index (χ0n) is 12.2. The van der Waals surface area contributed by atoms with Gasteiger partial charge in [0.25, 0.3) is 5.91 Å². The summed E-state index contributed by atoms with van der Waals surface area (Å²) in [6, 6.07) is 7.43. The van der Waals surface area contributed by atoms with E-state index >= 15 is 0 Å². The van der Waals surface area contributed by atoms with E-state index in [2.05, 4.69) is 5.32 Å². The lowest BCUT2D eigenvalue weighted by molar-refractivity contribution is -0.143. The summed E-state index contributed by atoms with van der Waals surface area (Å²) in [6.07, 6.45) is 2.87. The third kappa shape index (κ3) is 4.77. The fraction of sp³-hybridized carbons (Fsp3) is 0.500. The van der Waals surface area contributed by atoms with Crippen LogP contribution in [-0.4, -0.2) is 29.6 Å². The van der Waals surface area contributed by atoms with Gasteiger partial charge in [0.05, 0.1) is 5.92 Å². The molecule has 0 aliphatic heterocycles. The van der Waals surface area contributed by atoms with E-state index in [4.69, 9.17) is 9.84 Å². The number of nitrogens with one attached hydrogen (secondary N) is 1. The molecule has 0 radical (unpaired) electrons. The third-order valence-corrected chi connectivity index (χ3v) is 3.78. The second-order valence-electron chi connectivity index (χ2n) is 5.57. The van der Waals surface area contributed by atoms with Gasteiger partial charge in [0.2, 0.25) is 0 Å². The lowest BCUT2D eigenvalue weighted by atomic mass is 9.86. The Bertz CT molecular complexity index is 498. The number of aryl methyl sites for hydroxylation is 1. The Labute approximate surface area is 124 Å². The number of hydrogen-bond donors (Lipinski definition) is 2. The number of amides is 1. The van der Waals surface area contributed by atoms with E-state index < -0.39 is 5.97 Å². The van der Waals surface area contributed by atoms with Crippen LogP contribution in [0.15, 0.2) is 24.3 Å². The van der Waals surface area contributed by atoms with Crippen LogP contribution in [0.1, 0.15) is 31.2 Å². The summed E-state index contributed by atoms with van der Waals surface area (Å²) >= 11 is 0. The van der Waals surface area contributed by atoms with Crippen molar-refractivity contribution in [1.82, 2.24) is 5.32 Å². The molecular weight excluding hydrogens is 270 g/mol. The molecule has 1 amide bonds. The molecule has 2 unspecified atom stereocenters. The Morgan fingerprint density at radius 2 is 2.00 bits per heavy atom. The van der Waals surface area contributed by atoms with Gasteiger partial charge < -0.3 is 15.2 Å². The summed E-state index contributed by atoms with van der Waals surface area (Å²) in [6.45, 7) is 1.94. The minimum Gasteiger partial charge on any atom is -0.484 e. The Morgan fingerprint density at radius 1 is 1.29 bits per heavy atom. The Balaban J connectivity index is 1.76. The summed E-state index contributed by atoms with van der Waals surface area (Å²) in [5.41, 5.74) is 1.13. The summed E-state index contributed by atoms with van der Waals surface area (Å²) in [5, 5.41) is 11.9. The molecule has 21 heavy (non-hydrogen) atoms. The molecule has 1 aliphatic carbocycles. The van der Waals surface area contributed by atoms with Crippen LogP contribution in [0.5, 0.6) is 5.75 Å². The Morgan fingerprint density at radius 3 is 2.67 bits per heavy atom. The number of benzene rings is 1. The van der Waals surface area contributed by atoms with Gasteiger partial charge in [0.15, 0.2) is 6.61 Å². The number of carbonyl (C=O) groups is 2. The van der Waals surface area contributed by atoms with Crippen molar-refractivity contribution in [2.75, 3.05) is 6.61 Å². The molecule has 0 bridgehead atoms. The zero-order chi connectivity index (χ0) is 15.2. The number of carbonyl (C=O) groups excluding carboxylic acids is 1. The van der Waals surface area contributed by atoms with Crippen molar-refractivity contribution < 1.29 is 19.4 Å². The maximum absolute atomic E-state index is 11.8. The molecule has 0 saturated heterocycles. The highest BCUT2D eigenvalue weighted by molar-refractivity contribution is 5.78. The van der Waals surface area contributed by atoms with Gasteiger partial charge in [-0.2, -0.15) is 0 Å². The van der Waals surface area contributed by atoms with Gasteiger partial charge in [-0.15, -0.1) is 0 Å². The lowest BCUT2D eigenvalue weighted by Gasteiger charge is -2.27. The number of ether oxygens (including phenoxy) is 1. The van der Waals surface area contributed by atoms with Crippen molar-refractivity contribution in [2.24, 2.45) is 5.92 Å². The molecule has 2 N–H and O–H groups in total. The predicted molar refractivity (Wildman–Crippen MR) is 78.2 cm³/mol. The van der Waals surface area contributed by atoms with Gasteiger partial charge in [-0.1, -0.05) is 24.1 Å². The first-order valence-corrected chi connectivity index (χ1v) is 7.26. The van der Waals surface area contributed by atoms with Crippen LogP contribution in [0.3, 0.4) is 0 Å². The van der Waals surface area contributed by atoms with Gasteiger partial charge in [-0.25, -0.2) is 0 Å². The molecule has 1 aliphatic rings. The average molecular weight is 291 g/mol. The van der Waals surface area contributed by atoms with E-state index in [1.54, 1.807) is 0 Å². The summed E-state index contributed by atoms with van der Waals surface area (Å²) < 4.78 is 5.41. The quantitative estimate of drug-likeness (QED) is 0.871. The molecule has 1 fully saturated rings. The smallest absolute Gasteiger partial charge is 0.306 e. The van der Waals surface area contributed by atoms with Gasteiger partial charge >= 0.3 is 5.97 Å². The molecule has 0 spiro atoms. The van der Waals surface area contributed by atoms with E-state index in [9.17, 15) is 9.59 Å². The standard InChI is InChI=1S/C16H21NO4/c1-11-5-7-14(8-6-11)21-10-15(18)17-13-4-2-3-12(9-13)16(19)20/h5-8,12-13H,2-4,9-10H2,1H3,(H,17,18)(H,19,20). The maximum Gasteiger partial charge on any atom is 0.306 e. The number of carboxylic acids is 1. The Kier molecular flexibility index (Phi) is 5.20. The van der Waals surface area contributed by atoms with Gasteiger partial charge in [0.1, 0.15) is 5.75 Å². The van der Waals surface area contributed by atoms with Crippen molar-refractivity contribution in [3.05, 3.63) is 29.8 Å². The minimum atomic E-state index is -0.773. The van der Waals surface area contributed by atoms with Gasteiger partial charge in [0, 0.05) is 6.04 Å². The Hall–Kier alpha value is -2.04. The van der Waals surface area contributed by atoms with Crippen molar-refractivity contribution in [3.8, 4) is 5.75 Å². The van der Waals surface area contributed by atoms with Crippen LogP contribution in [0.2, 0.25) is 0 Å². The van der Waals surface area contributed by atoms with Crippen LogP contribution in [0.4, 0.5) is 0 Å². The molecule has 0 aromatic heterocycles. The van der Waals surface area contributed by atoms with Crippen molar-refractivity contribution in [1.29, 1.82) is 0 Å². The molecule has 5 heteroatoms. The molecule has 0 heterocycles. The molecule has 1 aromatic carbocycles. The van der Waals surface area contributed by atoms with E-state index in [-0.39, 0.29) is 24.5 Å². The molecule has 2 atom stereocenters. The monoisotopic (exact) mass is 291 g/mol. The predicted octanol–water partition coefficient (Wildman–Crippen LogP) is 2.13. The SMILES string of the molecule is Cc1ccc(OCC(=O)NC2CCCC(C(=O)O)C2)cc1. The molecule has 2 rings (SSSR count). The fourth-order valence-electron chi connectivity index (χ4n) is 2.60. The summed E-state index contributed by atoms with van der Waals surface area (Å²) in [5.74, 6) is -0.665. The van der Waals surface area contributed by atoms with Crippen molar-refractivity contribution >= 4 is 11.9 Å². The van der Waals surface area contributed by atoms with Crippen LogP contribution < -0.4 is 10.1 Å². The highest BCUT2D eigenvalue weighted by Crippen LogP contribution is 2.24. The number of carboxylic acid groups (broad SMARTS) is 1. The van der Waals surface area contributed by atoms with E-state index in [1.807, 2.05) is 31.2 Å². The summed E-state index contributed by atoms with van der Waals surface area (Å²) in [4.78, 5) is 22.8. The van der Waals surface area contributed by atoms with Crippen LogP contribution in [-0.2, 0) is 9.59 Å². The van der Waals surface area contributed by atoms with Gasteiger partial charge in [-0.05, 0) is 38.3 Å². The molecular formula is C16H21NO4. The molecule has 1 saturated carbocycles. The second kappa shape index (κ2) is 7.11. The third-order valence-electron chi connectivity index (χ3n) is 3.78. The van der Waals surface area contributed by atoms with Crippen LogP contribution >= 0.6 is 0 Å². The van der Waals surface area contributed by atoms with Crippen molar-refractivity contribution in [2.45, 2.75) is 38.6 Å². The molecule has 1 aromatic rings. The van der Waals surface area contributed by atoms with Gasteiger partial charge in [-0.3, -0.25) is 9.59 Å². The van der Waals surface area contributed by atoms with E-state index in [0.29, 0.717) is 18.6 Å². The molecule has 114 valence electrons. The van der Waals surface area contributed by atoms with Crippen molar-refractivity contribution in [3.63, 3.8) is 0 Å². The largest absolute Gasteiger partial charge is 0.484 e. The van der Waals surface area contributed by atoms with E-state index in [1.165, 1.54) is 0 Å².